The van der Waals surface area contributed by atoms with Gasteiger partial charge in [-0.3, -0.25) is 0 Å². The number of aromatic nitrogens is 3. The molecule has 0 unspecified atom stereocenters. The average molecular weight is 583 g/mol. The lowest BCUT2D eigenvalue weighted by Crippen LogP contribution is -2.58. The summed E-state index contributed by atoms with van der Waals surface area (Å²) in [5, 5.41) is 11.2. The molecule has 0 aliphatic carbocycles. The highest BCUT2D eigenvalue weighted by molar-refractivity contribution is 7.99. The highest BCUT2D eigenvalue weighted by Crippen LogP contribution is 2.44. The lowest BCUT2D eigenvalue weighted by Gasteiger charge is -2.48. The van der Waals surface area contributed by atoms with Crippen molar-refractivity contribution in [2.45, 2.75) is 55.4 Å². The Labute approximate surface area is 233 Å². The molecule has 38 heavy (non-hydrogen) atoms. The molecule has 3 N–H and O–H groups in total. The number of piperidine rings is 1. The van der Waals surface area contributed by atoms with Crippen molar-refractivity contribution in [3.8, 4) is 0 Å². The van der Waals surface area contributed by atoms with Crippen molar-refractivity contribution in [3.05, 3.63) is 29.2 Å². The third-order valence-electron chi connectivity index (χ3n) is 7.96. The molecule has 0 aromatic carbocycles. The van der Waals surface area contributed by atoms with Crippen molar-refractivity contribution in [2.75, 3.05) is 54.6 Å². The van der Waals surface area contributed by atoms with Gasteiger partial charge < -0.3 is 25.4 Å². The van der Waals surface area contributed by atoms with Crippen molar-refractivity contribution < 1.29 is 18.3 Å². The number of rotatable bonds is 7. The van der Waals surface area contributed by atoms with E-state index in [9.17, 15) is 13.5 Å². The zero-order chi connectivity index (χ0) is 27.3. The highest BCUT2D eigenvalue weighted by atomic mass is 35.5. The maximum atomic E-state index is 11.8. The quantitative estimate of drug-likeness (QED) is 0.498. The Morgan fingerprint density at radius 3 is 2.55 bits per heavy atom. The molecule has 2 aromatic rings. The van der Waals surface area contributed by atoms with Crippen LogP contribution in [0, 0.1) is 10.8 Å². The predicted octanol–water partition coefficient (Wildman–Crippen LogP) is 2.37. The number of hydrogen-bond donors (Lipinski definition) is 2. The molecule has 2 atom stereocenters. The van der Waals surface area contributed by atoms with E-state index in [1.54, 1.807) is 12.4 Å². The van der Waals surface area contributed by atoms with Crippen LogP contribution in [0.5, 0.6) is 0 Å². The lowest BCUT2D eigenvalue weighted by molar-refractivity contribution is 0.0973. The molecule has 0 amide bonds. The van der Waals surface area contributed by atoms with E-state index in [2.05, 4.69) is 14.9 Å². The van der Waals surface area contributed by atoms with Crippen molar-refractivity contribution in [1.82, 2.24) is 15.0 Å². The minimum atomic E-state index is -3.07. The summed E-state index contributed by atoms with van der Waals surface area (Å²) >= 11 is 8.09. The summed E-state index contributed by atoms with van der Waals surface area (Å²) in [7, 11) is -3.07. The molecule has 3 fully saturated rings. The summed E-state index contributed by atoms with van der Waals surface area (Å²) < 4.78 is 29.4. The number of nitrogens with two attached hydrogens (primary N) is 1. The van der Waals surface area contributed by atoms with Gasteiger partial charge in [-0.25, -0.2) is 23.4 Å². The summed E-state index contributed by atoms with van der Waals surface area (Å²) in [6.45, 7) is 7.17. The third-order valence-corrected chi connectivity index (χ3v) is 10.6. The second-order valence-corrected chi connectivity index (χ2v) is 14.9. The second-order valence-electron chi connectivity index (χ2n) is 11.3. The van der Waals surface area contributed by atoms with Crippen LogP contribution in [0.3, 0.4) is 0 Å². The monoisotopic (exact) mass is 582 g/mol. The molecule has 5 heterocycles. The smallest absolute Gasteiger partial charge is 0.152 e. The first-order valence-corrected chi connectivity index (χ1v) is 16.0. The number of aliphatic hydroxyl groups is 1. The van der Waals surface area contributed by atoms with Crippen LogP contribution in [0.15, 0.2) is 28.4 Å². The van der Waals surface area contributed by atoms with Crippen molar-refractivity contribution in [3.63, 3.8) is 0 Å². The van der Waals surface area contributed by atoms with Gasteiger partial charge in [0.15, 0.2) is 5.82 Å². The van der Waals surface area contributed by atoms with Gasteiger partial charge in [0.25, 0.3) is 0 Å². The van der Waals surface area contributed by atoms with Gasteiger partial charge in [0.2, 0.25) is 0 Å². The van der Waals surface area contributed by atoms with E-state index in [1.165, 1.54) is 18.0 Å². The van der Waals surface area contributed by atoms with Crippen molar-refractivity contribution in [1.29, 1.82) is 0 Å². The fourth-order valence-corrected chi connectivity index (χ4v) is 8.63. The van der Waals surface area contributed by atoms with Gasteiger partial charge >= 0.3 is 0 Å². The van der Waals surface area contributed by atoms with Crippen LogP contribution in [0.25, 0.3) is 0 Å². The normalized spacial score (nSPS) is 24.6. The number of pyridine rings is 1. The first-order chi connectivity index (χ1) is 17.9. The van der Waals surface area contributed by atoms with E-state index in [4.69, 9.17) is 27.1 Å². The number of aliphatic hydroxyl groups excluding tert-OH is 1. The Morgan fingerprint density at radius 2 is 1.95 bits per heavy atom. The number of sulfone groups is 1. The zero-order valence-corrected chi connectivity index (χ0v) is 24.3. The second kappa shape index (κ2) is 10.4. The third kappa shape index (κ3) is 5.48. The summed E-state index contributed by atoms with van der Waals surface area (Å²) in [6.07, 6.45) is 6.56. The fraction of sp³-hybridized carbons (Fsp3) is 0.640. The fourth-order valence-electron chi connectivity index (χ4n) is 6.04. The molecule has 0 radical (unpaired) electrons. The molecule has 3 aliphatic rings. The zero-order valence-electron chi connectivity index (χ0n) is 21.9. The average Bonchev–Trinajstić information content (AvgIpc) is 3.12. The van der Waals surface area contributed by atoms with E-state index in [0.717, 1.165) is 30.8 Å². The molecule has 2 aromatic heterocycles. The molecule has 3 aliphatic heterocycles. The number of hydrogen-bond acceptors (Lipinski definition) is 11. The lowest BCUT2D eigenvalue weighted by atomic mass is 9.73. The Morgan fingerprint density at radius 1 is 1.24 bits per heavy atom. The minimum absolute atomic E-state index is 0.00696. The van der Waals surface area contributed by atoms with Gasteiger partial charge in [-0.2, -0.15) is 0 Å². The van der Waals surface area contributed by atoms with E-state index in [0.29, 0.717) is 47.1 Å². The van der Waals surface area contributed by atoms with Crippen LogP contribution in [0.1, 0.15) is 32.4 Å². The topological polar surface area (TPSA) is 135 Å². The first-order valence-electron chi connectivity index (χ1n) is 12.8. The molecule has 13 heteroatoms. The van der Waals surface area contributed by atoms with E-state index >= 15 is 0 Å². The number of halogens is 1. The summed E-state index contributed by atoms with van der Waals surface area (Å²) in [6, 6.07) is 1.85. The maximum Gasteiger partial charge on any atom is 0.152 e. The Kier molecular flexibility index (Phi) is 7.60. The molecule has 0 saturated carbocycles. The first kappa shape index (κ1) is 27.9. The minimum Gasteiger partial charge on any atom is -0.390 e. The van der Waals surface area contributed by atoms with Crippen molar-refractivity contribution in [2.24, 2.45) is 16.6 Å². The highest BCUT2D eigenvalue weighted by Gasteiger charge is 2.48. The maximum absolute atomic E-state index is 11.8. The molecule has 3 saturated heterocycles. The molecule has 10 nitrogen and oxygen atoms in total. The molecule has 0 bridgehead atoms. The molecule has 208 valence electrons. The summed E-state index contributed by atoms with van der Waals surface area (Å²) in [5.41, 5.74) is 6.67. The molecular weight excluding hydrogens is 548 g/mol. The van der Waals surface area contributed by atoms with Crippen LogP contribution < -0.4 is 15.5 Å². The van der Waals surface area contributed by atoms with Crippen LogP contribution in [0.4, 0.5) is 11.6 Å². The number of anilines is 2. The molecule has 1 spiro atoms. The molecule has 5 rings (SSSR count). The summed E-state index contributed by atoms with van der Waals surface area (Å²) in [4.78, 5) is 18.7. The summed E-state index contributed by atoms with van der Waals surface area (Å²) in [5.74, 6) is 1.45. The van der Waals surface area contributed by atoms with Crippen molar-refractivity contribution >= 4 is 44.8 Å². The van der Waals surface area contributed by atoms with Gasteiger partial charge in [-0.05, 0) is 25.8 Å². The largest absolute Gasteiger partial charge is 0.390 e. The van der Waals surface area contributed by atoms with Gasteiger partial charge in [0.05, 0.1) is 36.3 Å². The number of nitrogens with zero attached hydrogens (tertiary/aromatic N) is 5. The van der Waals surface area contributed by atoms with Gasteiger partial charge in [0, 0.05) is 60.4 Å². The van der Waals surface area contributed by atoms with E-state index in [-0.39, 0.29) is 35.3 Å². The van der Waals surface area contributed by atoms with Crippen LogP contribution in [-0.2, 0) is 21.2 Å². The number of ether oxygens (including phenoxy) is 1. The van der Waals surface area contributed by atoms with E-state index < -0.39 is 9.84 Å². The van der Waals surface area contributed by atoms with Gasteiger partial charge in [-0.1, -0.05) is 30.3 Å². The predicted molar refractivity (Wildman–Crippen MR) is 149 cm³/mol. The van der Waals surface area contributed by atoms with Gasteiger partial charge in [-0.15, -0.1) is 0 Å². The van der Waals surface area contributed by atoms with E-state index in [1.807, 2.05) is 24.8 Å². The Hall–Kier alpha value is -1.70. The van der Waals surface area contributed by atoms with Crippen LogP contribution in [-0.4, -0.2) is 85.4 Å². The molecular formula is C25H35ClN6O4S2. The SMILES string of the molecule is C[C@@H]1OCC2(CCN(c3ncc(Sc4ccnc(N5CC(C)(CS(C)(=O)=O)C5)c4Cl)nc3CO)CC2)[C@@H]1N. The standard InChI is InChI=1S/C25H35ClN6O4S2/c1-16-21(27)25(14-36-16)5-8-31(9-6-25)22-17(11-33)30-19(10-29-22)37-18-4-7-28-23(20(18)26)32-12-24(2,13-32)15-38(3,34)35/h4,7,10,16,21,33H,5-6,8-9,11-15,27H2,1-3H3/t16-,21+/m0/s1. The van der Waals surface area contributed by atoms with Gasteiger partial charge in [0.1, 0.15) is 26.4 Å². The Balaban J connectivity index is 1.27. The Bertz CT molecular complexity index is 1300. The van der Waals surface area contributed by atoms with Crippen LogP contribution in [0.2, 0.25) is 5.02 Å². The van der Waals surface area contributed by atoms with Crippen LogP contribution >= 0.6 is 23.4 Å².